The van der Waals surface area contributed by atoms with Crippen molar-refractivity contribution in [1.82, 2.24) is 4.98 Å². The summed E-state index contributed by atoms with van der Waals surface area (Å²) >= 11 is 3.36. The van der Waals surface area contributed by atoms with E-state index in [9.17, 15) is 0 Å². The van der Waals surface area contributed by atoms with Crippen LogP contribution in [0.5, 0.6) is 23.1 Å². The van der Waals surface area contributed by atoms with Crippen LogP contribution in [0.2, 0.25) is 0 Å². The van der Waals surface area contributed by atoms with Gasteiger partial charge in [0.05, 0.1) is 14.2 Å². The second-order valence-electron chi connectivity index (χ2n) is 3.92. The molecule has 0 unspecified atom stereocenters. The van der Waals surface area contributed by atoms with Gasteiger partial charge >= 0.3 is 0 Å². The molecule has 1 aromatic heterocycles. The van der Waals surface area contributed by atoms with Gasteiger partial charge in [-0.25, -0.2) is 4.98 Å². The molecule has 0 bridgehead atoms. The fourth-order valence-corrected chi connectivity index (χ4v) is 2.10. The number of para-hydroxylation sites is 1. The number of aromatic nitrogens is 1. The zero-order chi connectivity index (χ0) is 14.5. The van der Waals surface area contributed by atoms with Crippen LogP contribution in [0, 0.1) is 0 Å². The number of pyridine rings is 1. The molecule has 1 aromatic carbocycles. The van der Waals surface area contributed by atoms with Gasteiger partial charge in [-0.15, -0.1) is 0 Å². The minimum atomic E-state index is 0.319. The van der Waals surface area contributed by atoms with Gasteiger partial charge in [-0.2, -0.15) is 0 Å². The molecule has 106 valence electrons. The maximum absolute atomic E-state index is 5.84. The summed E-state index contributed by atoms with van der Waals surface area (Å²) in [7, 11) is 3.14. The Balaban J connectivity index is 2.44. The molecule has 5 nitrogen and oxygen atoms in total. The first-order valence-corrected chi connectivity index (χ1v) is 6.72. The van der Waals surface area contributed by atoms with Crippen LogP contribution in [-0.2, 0) is 6.54 Å². The molecular formula is C14H15BrN2O3. The Morgan fingerprint density at radius 2 is 1.85 bits per heavy atom. The monoisotopic (exact) mass is 338 g/mol. The average molecular weight is 339 g/mol. The summed E-state index contributed by atoms with van der Waals surface area (Å²) in [6, 6.07) is 7.27. The van der Waals surface area contributed by atoms with Gasteiger partial charge in [0.1, 0.15) is 0 Å². The zero-order valence-electron chi connectivity index (χ0n) is 11.2. The SMILES string of the molecule is COc1cccc(OC)c1Oc1ncc(Br)cc1CN. The lowest BCUT2D eigenvalue weighted by Gasteiger charge is -2.14. The fourth-order valence-electron chi connectivity index (χ4n) is 1.72. The summed E-state index contributed by atoms with van der Waals surface area (Å²) in [5.74, 6) is 2.04. The van der Waals surface area contributed by atoms with Crippen LogP contribution in [0.4, 0.5) is 0 Å². The molecule has 2 N–H and O–H groups in total. The van der Waals surface area contributed by atoms with Gasteiger partial charge in [0.25, 0.3) is 0 Å². The van der Waals surface area contributed by atoms with Gasteiger partial charge in [-0.1, -0.05) is 6.07 Å². The Bertz CT molecular complexity index is 583. The number of hydrogen-bond donors (Lipinski definition) is 1. The highest BCUT2D eigenvalue weighted by molar-refractivity contribution is 9.10. The van der Waals surface area contributed by atoms with Crippen molar-refractivity contribution < 1.29 is 14.2 Å². The van der Waals surface area contributed by atoms with E-state index in [2.05, 4.69) is 20.9 Å². The smallest absolute Gasteiger partial charge is 0.224 e. The van der Waals surface area contributed by atoms with E-state index < -0.39 is 0 Å². The van der Waals surface area contributed by atoms with Crippen molar-refractivity contribution in [3.63, 3.8) is 0 Å². The van der Waals surface area contributed by atoms with Gasteiger partial charge in [-0.05, 0) is 34.1 Å². The Kier molecular flexibility index (Phi) is 4.81. The molecule has 2 aromatic rings. The number of hydrogen-bond acceptors (Lipinski definition) is 5. The molecule has 0 saturated carbocycles. The average Bonchev–Trinajstić information content (AvgIpc) is 2.49. The molecule has 0 aliphatic heterocycles. The van der Waals surface area contributed by atoms with Crippen LogP contribution < -0.4 is 19.9 Å². The molecule has 20 heavy (non-hydrogen) atoms. The zero-order valence-corrected chi connectivity index (χ0v) is 12.8. The molecular weight excluding hydrogens is 324 g/mol. The van der Waals surface area contributed by atoms with Crippen molar-refractivity contribution in [2.45, 2.75) is 6.54 Å². The molecule has 0 radical (unpaired) electrons. The van der Waals surface area contributed by atoms with Crippen molar-refractivity contribution in [3.8, 4) is 23.1 Å². The largest absolute Gasteiger partial charge is 0.493 e. The molecule has 1 heterocycles. The third-order valence-corrected chi connectivity index (χ3v) is 3.13. The van der Waals surface area contributed by atoms with E-state index in [0.717, 1.165) is 10.0 Å². The highest BCUT2D eigenvalue weighted by atomic mass is 79.9. The number of nitrogens with two attached hydrogens (primary N) is 1. The van der Waals surface area contributed by atoms with E-state index in [1.165, 1.54) is 0 Å². The summed E-state index contributed by atoms with van der Waals surface area (Å²) in [5, 5.41) is 0. The minimum absolute atomic E-state index is 0.319. The van der Waals surface area contributed by atoms with E-state index in [-0.39, 0.29) is 0 Å². The summed E-state index contributed by atoms with van der Waals surface area (Å²) in [4.78, 5) is 4.23. The topological polar surface area (TPSA) is 66.6 Å². The van der Waals surface area contributed by atoms with E-state index in [1.54, 1.807) is 32.5 Å². The normalized spacial score (nSPS) is 10.2. The molecule has 0 atom stereocenters. The third kappa shape index (κ3) is 3.02. The molecule has 0 spiro atoms. The molecule has 0 fully saturated rings. The number of rotatable bonds is 5. The van der Waals surface area contributed by atoms with Crippen molar-refractivity contribution in [1.29, 1.82) is 0 Å². The predicted octanol–water partition coefficient (Wildman–Crippen LogP) is 3.11. The number of nitrogens with zero attached hydrogens (tertiary/aromatic N) is 1. The molecule has 2 rings (SSSR count). The van der Waals surface area contributed by atoms with Crippen LogP contribution in [0.1, 0.15) is 5.56 Å². The van der Waals surface area contributed by atoms with E-state index in [0.29, 0.717) is 29.7 Å². The van der Waals surface area contributed by atoms with Crippen LogP contribution in [0.15, 0.2) is 34.9 Å². The van der Waals surface area contributed by atoms with Crippen LogP contribution in [0.3, 0.4) is 0 Å². The first-order valence-electron chi connectivity index (χ1n) is 5.93. The molecule has 6 heteroatoms. The Morgan fingerprint density at radius 3 is 2.40 bits per heavy atom. The third-order valence-electron chi connectivity index (χ3n) is 2.69. The fraction of sp³-hybridized carbons (Fsp3) is 0.214. The summed E-state index contributed by atoms with van der Waals surface area (Å²) in [6.07, 6.45) is 1.65. The quantitative estimate of drug-likeness (QED) is 0.907. The molecule has 0 amide bonds. The van der Waals surface area contributed by atoms with Crippen LogP contribution in [-0.4, -0.2) is 19.2 Å². The van der Waals surface area contributed by atoms with Gasteiger partial charge in [0.2, 0.25) is 11.6 Å². The van der Waals surface area contributed by atoms with Gasteiger partial charge in [0.15, 0.2) is 11.5 Å². The lowest BCUT2D eigenvalue weighted by molar-refractivity contribution is 0.340. The summed E-state index contributed by atoms with van der Waals surface area (Å²) in [6.45, 7) is 0.319. The maximum atomic E-state index is 5.84. The minimum Gasteiger partial charge on any atom is -0.493 e. The highest BCUT2D eigenvalue weighted by Gasteiger charge is 2.15. The van der Waals surface area contributed by atoms with Crippen molar-refractivity contribution in [2.24, 2.45) is 5.73 Å². The second kappa shape index (κ2) is 6.58. The molecule has 0 aliphatic rings. The van der Waals surface area contributed by atoms with Gasteiger partial charge in [-0.3, -0.25) is 0 Å². The van der Waals surface area contributed by atoms with E-state index in [1.807, 2.05) is 12.1 Å². The standard InChI is InChI=1S/C14H15BrN2O3/c1-18-11-4-3-5-12(19-2)13(11)20-14-9(7-16)6-10(15)8-17-14/h3-6,8H,7,16H2,1-2H3. The second-order valence-corrected chi connectivity index (χ2v) is 4.83. The first kappa shape index (κ1) is 14.6. The number of ether oxygens (including phenoxy) is 3. The Hall–Kier alpha value is -1.79. The van der Waals surface area contributed by atoms with E-state index in [4.69, 9.17) is 19.9 Å². The highest BCUT2D eigenvalue weighted by Crippen LogP contribution is 2.40. The van der Waals surface area contributed by atoms with Crippen molar-refractivity contribution in [3.05, 3.63) is 40.5 Å². The van der Waals surface area contributed by atoms with Crippen LogP contribution in [0.25, 0.3) is 0 Å². The molecule has 0 saturated heterocycles. The summed E-state index contributed by atoms with van der Waals surface area (Å²) < 4.78 is 17.3. The number of methoxy groups -OCH3 is 2. The predicted molar refractivity (Wildman–Crippen MR) is 79.4 cm³/mol. The van der Waals surface area contributed by atoms with Crippen molar-refractivity contribution >= 4 is 15.9 Å². The van der Waals surface area contributed by atoms with Gasteiger partial charge < -0.3 is 19.9 Å². The number of halogens is 1. The maximum Gasteiger partial charge on any atom is 0.224 e. The first-order chi connectivity index (χ1) is 9.69. The number of benzene rings is 1. The van der Waals surface area contributed by atoms with Crippen LogP contribution >= 0.6 is 15.9 Å². The van der Waals surface area contributed by atoms with Gasteiger partial charge in [0, 0.05) is 22.8 Å². The Labute approximate surface area is 125 Å². The lowest BCUT2D eigenvalue weighted by Crippen LogP contribution is -2.02. The molecule has 0 aliphatic carbocycles. The Morgan fingerprint density at radius 1 is 1.20 bits per heavy atom. The lowest BCUT2D eigenvalue weighted by atomic mass is 10.2. The summed E-state index contributed by atoms with van der Waals surface area (Å²) in [5.41, 5.74) is 6.50. The van der Waals surface area contributed by atoms with Crippen molar-refractivity contribution in [2.75, 3.05) is 14.2 Å². The van der Waals surface area contributed by atoms with E-state index >= 15 is 0 Å².